The maximum absolute atomic E-state index is 12.4. The molecule has 1 N–H and O–H groups in total. The van der Waals surface area contributed by atoms with Crippen LogP contribution in [0.4, 0.5) is 4.79 Å². The van der Waals surface area contributed by atoms with Crippen molar-refractivity contribution in [2.75, 3.05) is 46.6 Å². The van der Waals surface area contributed by atoms with Crippen molar-refractivity contribution in [1.29, 1.82) is 0 Å². The first kappa shape index (κ1) is 17.9. The Bertz CT molecular complexity index is 589. The summed E-state index contributed by atoms with van der Waals surface area (Å²) in [4.78, 5) is 14.3. The van der Waals surface area contributed by atoms with E-state index in [2.05, 4.69) is 12.2 Å². The summed E-state index contributed by atoms with van der Waals surface area (Å²) in [5.74, 6) is 1.95. The zero-order chi connectivity index (χ0) is 17.7. The Balaban J connectivity index is 1.44. The van der Waals surface area contributed by atoms with Gasteiger partial charge in [-0.15, -0.1) is 0 Å². The van der Waals surface area contributed by atoms with Crippen LogP contribution in [-0.2, 0) is 4.74 Å². The third kappa shape index (κ3) is 4.78. The molecule has 0 bridgehead atoms. The minimum atomic E-state index is 0.0270. The minimum absolute atomic E-state index is 0.0270. The third-order valence-electron chi connectivity index (χ3n) is 4.90. The lowest BCUT2D eigenvalue weighted by molar-refractivity contribution is -0.0979. The molecule has 1 aromatic rings. The van der Waals surface area contributed by atoms with E-state index in [-0.39, 0.29) is 11.4 Å². The highest BCUT2D eigenvalue weighted by Gasteiger charge is 2.34. The van der Waals surface area contributed by atoms with Gasteiger partial charge in [0, 0.05) is 37.0 Å². The molecule has 2 saturated heterocycles. The van der Waals surface area contributed by atoms with Crippen LogP contribution in [0, 0.1) is 11.3 Å². The van der Waals surface area contributed by atoms with E-state index in [1.54, 1.807) is 7.11 Å². The summed E-state index contributed by atoms with van der Waals surface area (Å²) in [5, 5.41) is 3.05. The van der Waals surface area contributed by atoms with Gasteiger partial charge in [-0.05, 0) is 25.0 Å². The number of benzene rings is 1. The van der Waals surface area contributed by atoms with Gasteiger partial charge in [-0.3, -0.25) is 0 Å². The number of hydrogen-bond donors (Lipinski definition) is 1. The Morgan fingerprint density at radius 2 is 2.20 bits per heavy atom. The Hall–Kier alpha value is -1.95. The van der Waals surface area contributed by atoms with Crippen LogP contribution in [0.2, 0.25) is 0 Å². The smallest absolute Gasteiger partial charge is 0.317 e. The van der Waals surface area contributed by atoms with Gasteiger partial charge in [0.2, 0.25) is 0 Å². The summed E-state index contributed by atoms with van der Waals surface area (Å²) in [6.45, 7) is 6.43. The number of piperidine rings is 1. The second-order valence-electron chi connectivity index (χ2n) is 7.41. The zero-order valence-electron chi connectivity index (χ0n) is 15.1. The molecular weight excluding hydrogens is 320 g/mol. The molecule has 0 radical (unpaired) electrons. The zero-order valence-corrected chi connectivity index (χ0v) is 15.1. The Kier molecular flexibility index (Phi) is 5.68. The van der Waals surface area contributed by atoms with Crippen LogP contribution in [0.25, 0.3) is 0 Å². The van der Waals surface area contributed by atoms with Gasteiger partial charge in [-0.1, -0.05) is 13.0 Å². The summed E-state index contributed by atoms with van der Waals surface area (Å²) in [6.07, 6.45) is 2.10. The maximum atomic E-state index is 12.4. The van der Waals surface area contributed by atoms with Crippen molar-refractivity contribution in [3.8, 4) is 11.5 Å². The first-order valence-electron chi connectivity index (χ1n) is 8.95. The average molecular weight is 348 g/mol. The molecule has 0 unspecified atom stereocenters. The maximum Gasteiger partial charge on any atom is 0.317 e. The Labute approximate surface area is 149 Å². The highest BCUT2D eigenvalue weighted by Crippen LogP contribution is 2.26. The van der Waals surface area contributed by atoms with Crippen LogP contribution < -0.4 is 14.8 Å². The molecular formula is C19H28N2O4. The number of hydrogen-bond acceptors (Lipinski definition) is 4. The molecule has 1 atom stereocenters. The Morgan fingerprint density at radius 1 is 1.40 bits per heavy atom. The van der Waals surface area contributed by atoms with Crippen LogP contribution in [0.1, 0.15) is 19.8 Å². The van der Waals surface area contributed by atoms with E-state index in [0.29, 0.717) is 19.1 Å². The number of amides is 2. The summed E-state index contributed by atoms with van der Waals surface area (Å²) in [7, 11) is 1.65. The van der Waals surface area contributed by atoms with Gasteiger partial charge in [0.15, 0.2) is 0 Å². The van der Waals surface area contributed by atoms with Crippen LogP contribution in [0.3, 0.4) is 0 Å². The number of ether oxygens (including phenoxy) is 3. The standard InChI is InChI=1S/C19H28N2O4/c1-19(13-24-14-19)12-20-18(22)21-8-4-5-15(10-21)11-25-17-7-3-6-16(9-17)23-2/h3,6-7,9,15H,4-5,8,10-14H2,1-2H3,(H,20,22)/t15-/m0/s1. The third-order valence-corrected chi connectivity index (χ3v) is 4.90. The number of carbonyl (C=O) groups excluding carboxylic acids is 1. The van der Waals surface area contributed by atoms with Gasteiger partial charge >= 0.3 is 6.03 Å². The molecule has 0 aliphatic carbocycles. The predicted molar refractivity (Wildman–Crippen MR) is 95.1 cm³/mol. The minimum Gasteiger partial charge on any atom is -0.497 e. The fourth-order valence-corrected chi connectivity index (χ4v) is 3.24. The first-order chi connectivity index (χ1) is 12.1. The molecule has 0 aromatic heterocycles. The first-order valence-corrected chi connectivity index (χ1v) is 8.95. The van der Waals surface area contributed by atoms with Crippen molar-refractivity contribution in [2.45, 2.75) is 19.8 Å². The van der Waals surface area contributed by atoms with Gasteiger partial charge in [-0.25, -0.2) is 4.79 Å². The van der Waals surface area contributed by atoms with Crippen molar-refractivity contribution in [3.05, 3.63) is 24.3 Å². The lowest BCUT2D eigenvalue weighted by Crippen LogP contribution is -2.53. The second kappa shape index (κ2) is 7.95. The van der Waals surface area contributed by atoms with Gasteiger partial charge in [0.25, 0.3) is 0 Å². The van der Waals surface area contributed by atoms with E-state index < -0.39 is 0 Å². The van der Waals surface area contributed by atoms with Crippen molar-refractivity contribution in [3.63, 3.8) is 0 Å². The monoisotopic (exact) mass is 348 g/mol. The van der Waals surface area contributed by atoms with Gasteiger partial charge in [0.1, 0.15) is 11.5 Å². The van der Waals surface area contributed by atoms with Crippen molar-refractivity contribution >= 4 is 6.03 Å². The normalized spacial score (nSPS) is 22.0. The van der Waals surface area contributed by atoms with E-state index in [0.717, 1.165) is 50.6 Å². The van der Waals surface area contributed by atoms with E-state index >= 15 is 0 Å². The molecule has 2 aliphatic rings. The summed E-state index contributed by atoms with van der Waals surface area (Å²) in [5.41, 5.74) is 0.0975. The van der Waals surface area contributed by atoms with Crippen LogP contribution in [0.5, 0.6) is 11.5 Å². The van der Waals surface area contributed by atoms with Gasteiger partial charge in [0.05, 0.1) is 26.9 Å². The molecule has 0 saturated carbocycles. The highest BCUT2D eigenvalue weighted by molar-refractivity contribution is 5.74. The van der Waals surface area contributed by atoms with Crippen molar-refractivity contribution in [2.24, 2.45) is 11.3 Å². The lowest BCUT2D eigenvalue weighted by Gasteiger charge is -2.39. The number of nitrogens with one attached hydrogen (secondary N) is 1. The number of nitrogens with zero attached hydrogens (tertiary/aromatic N) is 1. The number of carbonyl (C=O) groups is 1. The number of methoxy groups -OCH3 is 1. The van der Waals surface area contributed by atoms with E-state index in [4.69, 9.17) is 14.2 Å². The number of rotatable bonds is 6. The lowest BCUT2D eigenvalue weighted by atomic mass is 9.89. The summed E-state index contributed by atoms with van der Waals surface area (Å²) < 4.78 is 16.3. The van der Waals surface area contributed by atoms with E-state index in [9.17, 15) is 4.79 Å². The molecule has 25 heavy (non-hydrogen) atoms. The molecule has 3 rings (SSSR count). The average Bonchev–Trinajstić information content (AvgIpc) is 2.63. The molecule has 2 fully saturated rings. The van der Waals surface area contributed by atoms with Gasteiger partial charge < -0.3 is 24.4 Å². The summed E-state index contributed by atoms with van der Waals surface area (Å²) in [6, 6.07) is 7.65. The van der Waals surface area contributed by atoms with Crippen molar-refractivity contribution in [1.82, 2.24) is 10.2 Å². The number of urea groups is 1. The second-order valence-corrected chi connectivity index (χ2v) is 7.41. The molecule has 6 heteroatoms. The van der Waals surface area contributed by atoms with Crippen LogP contribution in [-0.4, -0.2) is 57.5 Å². The van der Waals surface area contributed by atoms with Crippen LogP contribution in [0.15, 0.2) is 24.3 Å². The SMILES string of the molecule is COc1cccc(OC[C@H]2CCCN(C(=O)NCC3(C)COC3)C2)c1. The van der Waals surface area contributed by atoms with E-state index in [1.807, 2.05) is 29.2 Å². The van der Waals surface area contributed by atoms with Gasteiger partial charge in [-0.2, -0.15) is 0 Å². The fourth-order valence-electron chi connectivity index (χ4n) is 3.24. The van der Waals surface area contributed by atoms with Crippen LogP contribution >= 0.6 is 0 Å². The number of likely N-dealkylation sites (tertiary alicyclic amines) is 1. The summed E-state index contributed by atoms with van der Waals surface area (Å²) >= 11 is 0. The molecule has 2 aliphatic heterocycles. The molecule has 138 valence electrons. The quantitative estimate of drug-likeness (QED) is 0.858. The molecule has 1 aromatic carbocycles. The predicted octanol–water partition coefficient (Wildman–Crippen LogP) is 2.53. The fraction of sp³-hybridized carbons (Fsp3) is 0.632. The topological polar surface area (TPSA) is 60.0 Å². The highest BCUT2D eigenvalue weighted by atomic mass is 16.5. The van der Waals surface area contributed by atoms with E-state index in [1.165, 1.54) is 0 Å². The molecule has 2 heterocycles. The molecule has 6 nitrogen and oxygen atoms in total. The molecule has 0 spiro atoms. The van der Waals surface area contributed by atoms with Crippen molar-refractivity contribution < 1.29 is 19.0 Å². The largest absolute Gasteiger partial charge is 0.497 e. The molecule has 2 amide bonds. The Morgan fingerprint density at radius 3 is 2.92 bits per heavy atom.